The Morgan fingerprint density at radius 3 is 2.80 bits per heavy atom. The summed E-state index contributed by atoms with van der Waals surface area (Å²) in [4.78, 5) is 30.6. The fourth-order valence-corrected chi connectivity index (χ4v) is 8.49. The number of furan rings is 1. The second kappa shape index (κ2) is 9.93. The van der Waals surface area contributed by atoms with Gasteiger partial charge in [-0.15, -0.1) is 0 Å². The number of phenolic OH excluding ortho intramolecular Hbond substituents is 1. The molecule has 8 nitrogen and oxygen atoms in total. The zero-order chi connectivity index (χ0) is 28.5. The first-order valence-electron chi connectivity index (χ1n) is 15.3. The number of amides is 1. The van der Waals surface area contributed by atoms with Crippen molar-refractivity contribution < 1.29 is 28.6 Å². The molecule has 218 valence electrons. The van der Waals surface area contributed by atoms with E-state index in [2.05, 4.69) is 18.7 Å². The van der Waals surface area contributed by atoms with Gasteiger partial charge in [0, 0.05) is 60.3 Å². The summed E-state index contributed by atoms with van der Waals surface area (Å²) in [5.41, 5.74) is 2.54. The number of likely N-dealkylation sites (tertiary alicyclic amines) is 1. The summed E-state index contributed by atoms with van der Waals surface area (Å²) in [6.45, 7) is 8.38. The monoisotopic (exact) mass is 560 g/mol. The van der Waals surface area contributed by atoms with Crippen molar-refractivity contribution in [3.05, 3.63) is 47.4 Å². The fourth-order valence-electron chi connectivity index (χ4n) is 8.49. The first kappa shape index (κ1) is 26.6. The van der Waals surface area contributed by atoms with Gasteiger partial charge in [-0.25, -0.2) is 0 Å². The average molecular weight is 561 g/mol. The summed E-state index contributed by atoms with van der Waals surface area (Å²) in [5.74, 6) is 1.97. The van der Waals surface area contributed by atoms with Gasteiger partial charge in [0.25, 0.3) is 0 Å². The number of carbonyl (C=O) groups is 2. The quantitative estimate of drug-likeness (QED) is 0.278. The highest BCUT2D eigenvalue weighted by Crippen LogP contribution is 2.66. The highest BCUT2D eigenvalue weighted by molar-refractivity contribution is 5.92. The van der Waals surface area contributed by atoms with Crippen molar-refractivity contribution in [3.8, 4) is 17.2 Å². The maximum Gasteiger partial charge on any atom is 0.308 e. The lowest BCUT2D eigenvalue weighted by Gasteiger charge is -2.60. The van der Waals surface area contributed by atoms with Crippen molar-refractivity contribution in [2.45, 2.75) is 82.9 Å². The number of benzene rings is 1. The molecule has 5 atom stereocenters. The number of phenols is 1. The zero-order valence-electron chi connectivity index (χ0n) is 24.2. The highest BCUT2D eigenvalue weighted by atomic mass is 16.5. The second-order valence-corrected chi connectivity index (χ2v) is 13.2. The Kier molecular flexibility index (Phi) is 6.45. The van der Waals surface area contributed by atoms with E-state index < -0.39 is 5.97 Å². The molecule has 1 aromatic heterocycles. The number of hydrogen-bond acceptors (Lipinski definition) is 7. The molecule has 0 unspecified atom stereocenters. The summed E-state index contributed by atoms with van der Waals surface area (Å²) < 4.78 is 17.7. The molecule has 0 radical (unpaired) electrons. The third kappa shape index (κ3) is 4.37. The molecule has 3 heterocycles. The topological polar surface area (TPSA) is 92.5 Å². The smallest absolute Gasteiger partial charge is 0.308 e. The van der Waals surface area contributed by atoms with Gasteiger partial charge in [-0.3, -0.25) is 14.5 Å². The van der Waals surface area contributed by atoms with Crippen LogP contribution in [0.25, 0.3) is 6.08 Å². The largest absolute Gasteiger partial charge is 0.504 e. The molecule has 1 N–H and O–H groups in total. The number of ether oxygens (including phenoxy) is 2. The van der Waals surface area contributed by atoms with E-state index >= 15 is 0 Å². The van der Waals surface area contributed by atoms with Crippen LogP contribution in [0, 0.1) is 17.8 Å². The maximum absolute atomic E-state index is 13.8. The Morgan fingerprint density at radius 1 is 1.27 bits per heavy atom. The van der Waals surface area contributed by atoms with Crippen molar-refractivity contribution in [2.75, 3.05) is 19.6 Å². The Morgan fingerprint density at radius 2 is 2.10 bits per heavy atom. The van der Waals surface area contributed by atoms with Gasteiger partial charge in [-0.1, -0.05) is 13.8 Å². The molecule has 3 fully saturated rings. The molecular formula is C33H40N2O6. The molecule has 1 aromatic carbocycles. The minimum atomic E-state index is -0.393. The van der Waals surface area contributed by atoms with E-state index in [0.717, 1.165) is 61.4 Å². The first-order valence-corrected chi connectivity index (χ1v) is 15.3. The van der Waals surface area contributed by atoms with Crippen LogP contribution in [0.5, 0.6) is 17.2 Å². The van der Waals surface area contributed by atoms with E-state index in [1.54, 1.807) is 30.7 Å². The van der Waals surface area contributed by atoms with E-state index in [-0.39, 0.29) is 35.1 Å². The summed E-state index contributed by atoms with van der Waals surface area (Å²) in [6.07, 6.45) is 12.5. The summed E-state index contributed by atoms with van der Waals surface area (Å²) in [7, 11) is 0. The van der Waals surface area contributed by atoms with E-state index in [4.69, 9.17) is 13.9 Å². The SMILES string of the molecule is CC(=O)Oc1cc(O)c2c3c1C[C@@H]1[C@@H]4CC[C@H](N(CC(C)C)C(=O)C=Cc5ccoc5)[C@@H](O2)[C@]34CCN1CC1CC1. The molecule has 1 saturated heterocycles. The van der Waals surface area contributed by atoms with Crippen molar-refractivity contribution >= 4 is 18.0 Å². The molecule has 7 rings (SSSR count). The Labute approximate surface area is 241 Å². The predicted octanol–water partition coefficient (Wildman–Crippen LogP) is 4.93. The molecule has 2 aliphatic heterocycles. The van der Waals surface area contributed by atoms with Gasteiger partial charge in [-0.2, -0.15) is 0 Å². The van der Waals surface area contributed by atoms with Crippen LogP contribution in [0.2, 0.25) is 0 Å². The molecule has 8 heteroatoms. The van der Waals surface area contributed by atoms with Crippen LogP contribution in [-0.2, 0) is 21.4 Å². The Hall–Kier alpha value is -3.26. The van der Waals surface area contributed by atoms with Crippen LogP contribution in [0.1, 0.15) is 69.6 Å². The summed E-state index contributed by atoms with van der Waals surface area (Å²) in [5, 5.41) is 11.2. The summed E-state index contributed by atoms with van der Waals surface area (Å²) in [6, 6.07) is 3.58. The van der Waals surface area contributed by atoms with Gasteiger partial charge in [0.05, 0.1) is 18.6 Å². The fraction of sp³-hybridized carbons (Fsp3) is 0.576. The Bertz CT molecular complexity index is 1380. The van der Waals surface area contributed by atoms with E-state index in [1.807, 2.05) is 11.0 Å². The molecule has 2 saturated carbocycles. The lowest BCUT2D eigenvalue weighted by molar-refractivity contribution is -0.139. The molecule has 2 bridgehead atoms. The van der Waals surface area contributed by atoms with Gasteiger partial charge >= 0.3 is 5.97 Å². The third-order valence-electron chi connectivity index (χ3n) is 10.1. The Balaban J connectivity index is 1.31. The second-order valence-electron chi connectivity index (χ2n) is 13.2. The van der Waals surface area contributed by atoms with E-state index in [9.17, 15) is 14.7 Å². The zero-order valence-corrected chi connectivity index (χ0v) is 24.2. The average Bonchev–Trinajstić information content (AvgIpc) is 3.45. The number of aromatic hydroxyl groups is 1. The van der Waals surface area contributed by atoms with Gasteiger partial charge < -0.3 is 23.9 Å². The molecule has 1 spiro atoms. The minimum absolute atomic E-state index is 0.0155. The van der Waals surface area contributed by atoms with E-state index in [0.29, 0.717) is 30.0 Å². The van der Waals surface area contributed by atoms with Crippen molar-refractivity contribution in [3.63, 3.8) is 0 Å². The standard InChI is InChI=1S/C33H40N2O6/c1-19(2)16-35(29(38)9-6-22-10-13-39-18-22)25-8-7-24-26-14-23-28(40-20(3)36)15-27(37)31-30(23)33(24,32(25)41-31)11-12-34(26)17-21-4-5-21/h6,9-10,13,15,18-19,21,24-26,32,37H,4-5,7-8,11-12,14,16-17H2,1-3H3/t24-,25-,26+,32+,33-/m0/s1. The lowest BCUT2D eigenvalue weighted by Crippen LogP contribution is -2.69. The van der Waals surface area contributed by atoms with Crippen molar-refractivity contribution in [1.29, 1.82) is 0 Å². The summed E-state index contributed by atoms with van der Waals surface area (Å²) >= 11 is 0. The number of rotatable bonds is 8. The molecular weight excluding hydrogens is 520 g/mol. The van der Waals surface area contributed by atoms with E-state index in [1.165, 1.54) is 19.8 Å². The van der Waals surface area contributed by atoms with Crippen molar-refractivity contribution in [1.82, 2.24) is 9.80 Å². The minimum Gasteiger partial charge on any atom is -0.504 e. The van der Waals surface area contributed by atoms with Crippen LogP contribution in [0.15, 0.2) is 35.2 Å². The van der Waals surface area contributed by atoms with Crippen LogP contribution >= 0.6 is 0 Å². The van der Waals surface area contributed by atoms with Crippen LogP contribution in [0.4, 0.5) is 0 Å². The van der Waals surface area contributed by atoms with Crippen LogP contribution < -0.4 is 9.47 Å². The normalized spacial score (nSPS) is 29.9. The molecule has 5 aliphatic rings. The third-order valence-corrected chi connectivity index (χ3v) is 10.1. The van der Waals surface area contributed by atoms with Crippen LogP contribution in [-0.4, -0.2) is 64.6 Å². The number of nitrogens with zero attached hydrogens (tertiary/aromatic N) is 2. The van der Waals surface area contributed by atoms with Gasteiger partial charge in [0.2, 0.25) is 5.91 Å². The van der Waals surface area contributed by atoms with Crippen molar-refractivity contribution in [2.24, 2.45) is 17.8 Å². The van der Waals surface area contributed by atoms with Crippen LogP contribution in [0.3, 0.4) is 0 Å². The number of carbonyl (C=O) groups excluding carboxylic acids is 2. The lowest BCUT2D eigenvalue weighted by atomic mass is 9.50. The number of esters is 1. The number of piperidine rings is 1. The first-order chi connectivity index (χ1) is 19.8. The predicted molar refractivity (Wildman–Crippen MR) is 153 cm³/mol. The molecule has 3 aliphatic carbocycles. The molecule has 1 amide bonds. The van der Waals surface area contributed by atoms with Gasteiger partial charge in [0.1, 0.15) is 11.9 Å². The maximum atomic E-state index is 13.8. The molecule has 41 heavy (non-hydrogen) atoms. The van der Waals surface area contributed by atoms with Gasteiger partial charge in [0.15, 0.2) is 11.5 Å². The van der Waals surface area contributed by atoms with Gasteiger partial charge in [-0.05, 0) is 75.0 Å². The molecule has 2 aromatic rings. The number of hydrogen-bond donors (Lipinski definition) is 1. The highest BCUT2D eigenvalue weighted by Gasteiger charge is 2.67.